The number of para-hydroxylation sites is 1. The fraction of sp³-hybridized carbons (Fsp3) is 0.333. The van der Waals surface area contributed by atoms with Crippen LogP contribution in [0.25, 0.3) is 0 Å². The molecule has 1 aromatic carbocycles. The Morgan fingerprint density at radius 2 is 1.74 bits per heavy atom. The van der Waals surface area contributed by atoms with Crippen LogP contribution < -0.4 is 20.3 Å². The van der Waals surface area contributed by atoms with Gasteiger partial charge in [-0.25, -0.2) is 4.98 Å². The summed E-state index contributed by atoms with van der Waals surface area (Å²) in [5.74, 6) is 1.56. The van der Waals surface area contributed by atoms with Gasteiger partial charge < -0.3 is 20.3 Å². The monoisotopic (exact) mass is 491 g/mol. The molecule has 0 aliphatic rings. The number of ether oxygens (including phenoxy) is 1. The lowest BCUT2D eigenvalue weighted by Crippen LogP contribution is -2.36. The van der Waals surface area contributed by atoms with Crippen LogP contribution in [0.5, 0.6) is 5.75 Å². The Morgan fingerprint density at radius 3 is 2.37 bits per heavy atom. The molecule has 0 unspecified atom stereocenters. The second-order valence-electron chi connectivity index (χ2n) is 5.65. The maximum Gasteiger partial charge on any atom is 0.387 e. The molecular weight excluding hydrogens is 467 g/mol. The standard InChI is InChI=1S/C18H23F2N5O.HI/c1-21-18(24-12-14-8-6-10-22-16(14)25(2)3)23-11-13-7-4-5-9-15(13)26-17(19)20;/h4-10,17H,11-12H2,1-3H3,(H2,21,23,24);1H. The van der Waals surface area contributed by atoms with Crippen LogP contribution in [0.15, 0.2) is 47.6 Å². The van der Waals surface area contributed by atoms with Crippen molar-refractivity contribution in [1.82, 2.24) is 15.6 Å². The first-order chi connectivity index (χ1) is 12.5. The Kier molecular flexibility index (Phi) is 9.76. The van der Waals surface area contributed by atoms with E-state index in [1.807, 2.05) is 31.1 Å². The van der Waals surface area contributed by atoms with Crippen molar-refractivity contribution >= 4 is 35.8 Å². The first-order valence-electron chi connectivity index (χ1n) is 8.09. The number of benzene rings is 1. The minimum atomic E-state index is -2.86. The van der Waals surface area contributed by atoms with Gasteiger partial charge in [0.25, 0.3) is 0 Å². The molecule has 0 atom stereocenters. The minimum absolute atomic E-state index is 0. The van der Waals surface area contributed by atoms with Crippen LogP contribution in [0, 0.1) is 0 Å². The lowest BCUT2D eigenvalue weighted by molar-refractivity contribution is -0.0504. The van der Waals surface area contributed by atoms with Crippen LogP contribution in [0.2, 0.25) is 0 Å². The number of alkyl halides is 2. The van der Waals surface area contributed by atoms with Gasteiger partial charge in [0.1, 0.15) is 11.6 Å². The van der Waals surface area contributed by atoms with E-state index < -0.39 is 6.61 Å². The number of pyridine rings is 1. The summed E-state index contributed by atoms with van der Waals surface area (Å²) >= 11 is 0. The minimum Gasteiger partial charge on any atom is -0.434 e. The second kappa shape index (κ2) is 11.5. The summed E-state index contributed by atoms with van der Waals surface area (Å²) in [5, 5.41) is 6.29. The van der Waals surface area contributed by atoms with E-state index in [0.717, 1.165) is 11.4 Å². The number of guanidine groups is 1. The summed E-state index contributed by atoms with van der Waals surface area (Å²) in [6.45, 7) is -2.03. The lowest BCUT2D eigenvalue weighted by Gasteiger charge is -2.18. The Balaban J connectivity index is 0.00000364. The summed E-state index contributed by atoms with van der Waals surface area (Å²) in [4.78, 5) is 10.4. The maximum absolute atomic E-state index is 12.5. The first-order valence-corrected chi connectivity index (χ1v) is 8.09. The number of halogens is 3. The number of hydrogen-bond acceptors (Lipinski definition) is 4. The molecule has 1 heterocycles. The summed E-state index contributed by atoms with van der Waals surface area (Å²) in [6, 6.07) is 10.5. The van der Waals surface area contributed by atoms with Crippen LogP contribution >= 0.6 is 24.0 Å². The SMILES string of the molecule is CN=C(NCc1ccccc1OC(F)F)NCc1cccnc1N(C)C.I. The van der Waals surface area contributed by atoms with Gasteiger partial charge in [-0.2, -0.15) is 8.78 Å². The molecule has 9 heteroatoms. The fourth-order valence-electron chi connectivity index (χ4n) is 2.41. The number of nitrogens with zero attached hydrogens (tertiary/aromatic N) is 3. The first kappa shape index (κ1) is 22.9. The molecule has 0 saturated heterocycles. The van der Waals surface area contributed by atoms with Gasteiger partial charge >= 0.3 is 6.61 Å². The van der Waals surface area contributed by atoms with Crippen molar-refractivity contribution in [3.8, 4) is 5.75 Å². The Morgan fingerprint density at radius 1 is 1.11 bits per heavy atom. The molecule has 0 radical (unpaired) electrons. The molecule has 148 valence electrons. The van der Waals surface area contributed by atoms with Crippen LogP contribution in [-0.4, -0.2) is 38.7 Å². The van der Waals surface area contributed by atoms with Crippen molar-refractivity contribution in [2.45, 2.75) is 19.7 Å². The zero-order chi connectivity index (χ0) is 18.9. The molecule has 1 aromatic heterocycles. The van der Waals surface area contributed by atoms with Gasteiger partial charge in [-0.3, -0.25) is 4.99 Å². The van der Waals surface area contributed by atoms with Gasteiger partial charge in [0.2, 0.25) is 0 Å². The van der Waals surface area contributed by atoms with E-state index in [4.69, 9.17) is 0 Å². The number of rotatable bonds is 7. The Bertz CT molecular complexity index is 743. The van der Waals surface area contributed by atoms with Crippen molar-refractivity contribution < 1.29 is 13.5 Å². The summed E-state index contributed by atoms with van der Waals surface area (Å²) < 4.78 is 29.5. The largest absolute Gasteiger partial charge is 0.434 e. The number of hydrogen-bond donors (Lipinski definition) is 2. The highest BCUT2D eigenvalue weighted by atomic mass is 127. The molecule has 2 rings (SSSR count). The molecule has 2 aromatic rings. The van der Waals surface area contributed by atoms with Gasteiger partial charge in [-0.1, -0.05) is 24.3 Å². The van der Waals surface area contributed by atoms with Crippen molar-refractivity contribution in [2.75, 3.05) is 26.0 Å². The number of anilines is 1. The summed E-state index contributed by atoms with van der Waals surface area (Å²) in [5.41, 5.74) is 1.63. The lowest BCUT2D eigenvalue weighted by atomic mass is 10.2. The molecule has 0 aliphatic carbocycles. The normalized spacial score (nSPS) is 11.0. The topological polar surface area (TPSA) is 61.8 Å². The highest BCUT2D eigenvalue weighted by Gasteiger charge is 2.10. The third kappa shape index (κ3) is 7.16. The molecule has 0 amide bonds. The van der Waals surface area contributed by atoms with Crippen molar-refractivity contribution in [2.24, 2.45) is 4.99 Å². The van der Waals surface area contributed by atoms with Crippen molar-refractivity contribution in [3.63, 3.8) is 0 Å². The molecule has 0 bridgehead atoms. The van der Waals surface area contributed by atoms with E-state index in [9.17, 15) is 8.78 Å². The molecule has 0 fully saturated rings. The van der Waals surface area contributed by atoms with Crippen LogP contribution in [0.4, 0.5) is 14.6 Å². The molecule has 6 nitrogen and oxygen atoms in total. The van der Waals surface area contributed by atoms with E-state index in [2.05, 4.69) is 25.3 Å². The van der Waals surface area contributed by atoms with E-state index in [0.29, 0.717) is 24.6 Å². The highest BCUT2D eigenvalue weighted by Crippen LogP contribution is 2.20. The fourth-order valence-corrected chi connectivity index (χ4v) is 2.41. The molecule has 0 aliphatic heterocycles. The van der Waals surface area contributed by atoms with Crippen molar-refractivity contribution in [3.05, 3.63) is 53.7 Å². The predicted octanol–water partition coefficient (Wildman–Crippen LogP) is 3.23. The van der Waals surface area contributed by atoms with Crippen LogP contribution in [-0.2, 0) is 13.1 Å². The third-order valence-corrected chi connectivity index (χ3v) is 3.60. The smallest absolute Gasteiger partial charge is 0.387 e. The van der Waals surface area contributed by atoms with Gasteiger partial charge in [-0.05, 0) is 12.1 Å². The number of aromatic nitrogens is 1. The summed E-state index contributed by atoms with van der Waals surface area (Å²) in [6.07, 6.45) is 1.74. The third-order valence-electron chi connectivity index (χ3n) is 3.60. The van der Waals surface area contributed by atoms with Gasteiger partial charge in [0.15, 0.2) is 5.96 Å². The van der Waals surface area contributed by atoms with Gasteiger partial charge in [-0.15, -0.1) is 24.0 Å². The van der Waals surface area contributed by atoms with E-state index in [-0.39, 0.29) is 29.7 Å². The van der Waals surface area contributed by atoms with E-state index >= 15 is 0 Å². The van der Waals surface area contributed by atoms with Gasteiger partial charge in [0, 0.05) is 51.6 Å². The molecular formula is C18H24F2IN5O. The zero-order valence-corrected chi connectivity index (χ0v) is 17.8. The Labute approximate surface area is 175 Å². The molecule has 0 saturated carbocycles. The summed E-state index contributed by atoms with van der Waals surface area (Å²) in [7, 11) is 5.50. The second-order valence-corrected chi connectivity index (χ2v) is 5.65. The Hall–Kier alpha value is -2.17. The average Bonchev–Trinajstić information content (AvgIpc) is 2.62. The van der Waals surface area contributed by atoms with E-state index in [1.54, 1.807) is 31.4 Å². The number of nitrogens with one attached hydrogen (secondary N) is 2. The predicted molar refractivity (Wildman–Crippen MR) is 114 cm³/mol. The van der Waals surface area contributed by atoms with Crippen LogP contribution in [0.3, 0.4) is 0 Å². The van der Waals surface area contributed by atoms with Gasteiger partial charge in [0.05, 0.1) is 0 Å². The van der Waals surface area contributed by atoms with Crippen LogP contribution in [0.1, 0.15) is 11.1 Å². The van der Waals surface area contributed by atoms with Crippen molar-refractivity contribution in [1.29, 1.82) is 0 Å². The van der Waals surface area contributed by atoms with E-state index in [1.165, 1.54) is 6.07 Å². The highest BCUT2D eigenvalue weighted by molar-refractivity contribution is 14.0. The molecule has 2 N–H and O–H groups in total. The molecule has 27 heavy (non-hydrogen) atoms. The molecule has 0 spiro atoms. The number of aliphatic imine (C=N–C) groups is 1. The maximum atomic E-state index is 12.5. The zero-order valence-electron chi connectivity index (χ0n) is 15.4. The quantitative estimate of drug-likeness (QED) is 0.354. The average molecular weight is 491 g/mol.